The van der Waals surface area contributed by atoms with Crippen LogP contribution in [0.1, 0.15) is 72.1 Å². The number of carbonyl (C=O) groups excluding carboxylic acids is 2. The van der Waals surface area contributed by atoms with E-state index >= 15 is 0 Å². The van der Waals surface area contributed by atoms with Crippen molar-refractivity contribution >= 4 is 11.9 Å². The number of esters is 2. The number of aliphatic hydroxyl groups excluding tert-OH is 1. The van der Waals surface area contributed by atoms with Gasteiger partial charge in [0.1, 0.15) is 12.7 Å². The van der Waals surface area contributed by atoms with E-state index in [0.717, 1.165) is 44.1 Å². The van der Waals surface area contributed by atoms with Gasteiger partial charge in [-0.05, 0) is 86.0 Å². The Balaban J connectivity index is 1.42. The Morgan fingerprint density at radius 1 is 1.16 bits per heavy atom. The Bertz CT molecular complexity index is 821. The molecule has 4 aliphatic carbocycles. The molecule has 0 saturated heterocycles. The summed E-state index contributed by atoms with van der Waals surface area (Å²) in [4.78, 5) is 23.2. The zero-order chi connectivity index (χ0) is 22.2. The van der Waals surface area contributed by atoms with Crippen molar-refractivity contribution in [3.8, 4) is 0 Å². The molecule has 4 saturated carbocycles. The lowest BCUT2D eigenvalue weighted by atomic mass is 9.43. The van der Waals surface area contributed by atoms with Gasteiger partial charge in [0.05, 0.1) is 11.7 Å². The Hall–Kier alpha value is -1.40. The maximum atomic E-state index is 12.2. The summed E-state index contributed by atoms with van der Waals surface area (Å²) in [6.07, 6.45) is 7.52. The highest BCUT2D eigenvalue weighted by molar-refractivity contribution is 5.85. The van der Waals surface area contributed by atoms with Crippen LogP contribution in [0.5, 0.6) is 0 Å². The van der Waals surface area contributed by atoms with E-state index in [0.29, 0.717) is 31.3 Å². The molecule has 172 valence electrons. The fourth-order valence-electron chi connectivity index (χ4n) is 8.75. The van der Waals surface area contributed by atoms with Gasteiger partial charge in [-0.1, -0.05) is 13.8 Å². The topological polar surface area (TPSA) is 93.1 Å². The maximum Gasteiger partial charge on any atom is 0.331 e. The monoisotopic (exact) mass is 432 g/mol. The molecule has 2 N–H and O–H groups in total. The van der Waals surface area contributed by atoms with Crippen LogP contribution < -0.4 is 0 Å². The van der Waals surface area contributed by atoms with E-state index in [1.165, 1.54) is 6.92 Å². The third-order valence-electron chi connectivity index (χ3n) is 10.3. The van der Waals surface area contributed by atoms with Gasteiger partial charge in [-0.15, -0.1) is 0 Å². The normalized spacial score (nSPS) is 51.3. The third kappa shape index (κ3) is 2.97. The molecule has 0 radical (unpaired) electrons. The van der Waals surface area contributed by atoms with E-state index in [9.17, 15) is 19.8 Å². The summed E-state index contributed by atoms with van der Waals surface area (Å²) in [6.45, 7) is 6.30. The Kier molecular flexibility index (Phi) is 4.88. The molecule has 0 aromatic carbocycles. The molecule has 1 heterocycles. The zero-order valence-corrected chi connectivity index (χ0v) is 18.9. The Labute approximate surface area is 184 Å². The first-order chi connectivity index (χ1) is 14.6. The minimum atomic E-state index is -0.751. The highest BCUT2D eigenvalue weighted by Gasteiger charge is 2.68. The predicted molar refractivity (Wildman–Crippen MR) is 113 cm³/mol. The second-order valence-electron chi connectivity index (χ2n) is 11.4. The van der Waals surface area contributed by atoms with Crippen LogP contribution in [0.25, 0.3) is 0 Å². The standard InChI is InChI=1S/C25H36O6/c1-14(26)31-21-11-16-4-5-19-18(23(16,2)12-20(21)27)6-8-24(3)17(7-9-25(19,24)29)15-10-22(28)30-13-15/h10,16-21,27,29H,4-9,11-13H2,1-3H3/t16-,17+,18-,19+,20+,21+,23-,24+,25-/m0/s1. The minimum absolute atomic E-state index is 0.0557. The first-order valence-electron chi connectivity index (χ1n) is 12.0. The summed E-state index contributed by atoms with van der Waals surface area (Å²) in [5, 5.41) is 23.1. The quantitative estimate of drug-likeness (QED) is 0.651. The van der Waals surface area contributed by atoms with E-state index < -0.39 is 17.8 Å². The molecule has 9 atom stereocenters. The highest BCUT2D eigenvalue weighted by atomic mass is 16.6. The van der Waals surface area contributed by atoms with Crippen LogP contribution in [0.3, 0.4) is 0 Å². The number of rotatable bonds is 2. The first-order valence-corrected chi connectivity index (χ1v) is 12.0. The van der Waals surface area contributed by atoms with Crippen molar-refractivity contribution < 1.29 is 29.3 Å². The molecule has 5 rings (SSSR count). The maximum absolute atomic E-state index is 12.2. The van der Waals surface area contributed by atoms with Gasteiger partial charge in [0, 0.05) is 18.4 Å². The molecule has 1 aliphatic heterocycles. The van der Waals surface area contributed by atoms with Crippen LogP contribution in [0.15, 0.2) is 11.6 Å². The molecule has 6 heteroatoms. The number of hydrogen-bond acceptors (Lipinski definition) is 6. The number of cyclic esters (lactones) is 1. The number of hydrogen-bond donors (Lipinski definition) is 2. The summed E-state index contributed by atoms with van der Waals surface area (Å²) in [5.41, 5.74) is 0.00242. The first kappa shape index (κ1) is 21.4. The highest BCUT2D eigenvalue weighted by Crippen LogP contribution is 2.70. The number of fused-ring (bicyclic) bond motifs is 5. The van der Waals surface area contributed by atoms with Crippen molar-refractivity contribution in [2.45, 2.75) is 89.9 Å². The van der Waals surface area contributed by atoms with Gasteiger partial charge in [-0.3, -0.25) is 4.79 Å². The summed E-state index contributed by atoms with van der Waals surface area (Å²) in [7, 11) is 0. The lowest BCUT2D eigenvalue weighted by Crippen LogP contribution is -2.63. The molecule has 0 aromatic heterocycles. The number of ether oxygens (including phenoxy) is 2. The van der Waals surface area contributed by atoms with E-state index in [-0.39, 0.29) is 34.6 Å². The van der Waals surface area contributed by atoms with Crippen LogP contribution in [0, 0.1) is 34.5 Å². The molecule has 0 unspecified atom stereocenters. The van der Waals surface area contributed by atoms with E-state index in [2.05, 4.69) is 13.8 Å². The molecule has 4 fully saturated rings. The van der Waals surface area contributed by atoms with Crippen LogP contribution >= 0.6 is 0 Å². The van der Waals surface area contributed by atoms with Crippen molar-refractivity contribution in [3.63, 3.8) is 0 Å². The van der Waals surface area contributed by atoms with Gasteiger partial charge < -0.3 is 19.7 Å². The van der Waals surface area contributed by atoms with E-state index in [4.69, 9.17) is 9.47 Å². The molecular weight excluding hydrogens is 396 g/mol. The molecule has 0 aromatic rings. The van der Waals surface area contributed by atoms with Crippen molar-refractivity contribution in [1.82, 2.24) is 0 Å². The fourth-order valence-corrected chi connectivity index (χ4v) is 8.75. The average molecular weight is 433 g/mol. The summed E-state index contributed by atoms with van der Waals surface area (Å²) in [6, 6.07) is 0. The lowest BCUT2D eigenvalue weighted by Gasteiger charge is -2.64. The number of carbonyl (C=O) groups is 2. The Morgan fingerprint density at radius 3 is 2.61 bits per heavy atom. The second kappa shape index (κ2) is 7.05. The summed E-state index contributed by atoms with van der Waals surface area (Å²) in [5.74, 6) is 0.565. The van der Waals surface area contributed by atoms with Crippen LogP contribution in [0.2, 0.25) is 0 Å². The van der Waals surface area contributed by atoms with Gasteiger partial charge in [-0.2, -0.15) is 0 Å². The van der Waals surface area contributed by atoms with Crippen molar-refractivity contribution in [3.05, 3.63) is 11.6 Å². The minimum Gasteiger partial charge on any atom is -0.460 e. The number of aliphatic hydroxyl groups is 2. The Morgan fingerprint density at radius 2 is 1.94 bits per heavy atom. The second-order valence-corrected chi connectivity index (χ2v) is 11.4. The molecule has 6 nitrogen and oxygen atoms in total. The van der Waals surface area contributed by atoms with Crippen molar-refractivity contribution in [2.75, 3.05) is 6.61 Å². The molecule has 0 amide bonds. The predicted octanol–water partition coefficient (Wildman–Crippen LogP) is 3.15. The molecule has 5 aliphatic rings. The molecule has 0 bridgehead atoms. The van der Waals surface area contributed by atoms with E-state index in [1.807, 2.05) is 0 Å². The third-order valence-corrected chi connectivity index (χ3v) is 10.3. The largest absolute Gasteiger partial charge is 0.460 e. The van der Waals surface area contributed by atoms with Gasteiger partial charge in [0.15, 0.2) is 0 Å². The van der Waals surface area contributed by atoms with Crippen LogP contribution in [-0.2, 0) is 19.1 Å². The summed E-state index contributed by atoms with van der Waals surface area (Å²) < 4.78 is 10.6. The lowest BCUT2D eigenvalue weighted by molar-refractivity contribution is -0.221. The van der Waals surface area contributed by atoms with Crippen LogP contribution in [-0.4, -0.2) is 46.6 Å². The average Bonchev–Trinajstić information content (AvgIpc) is 3.22. The fraction of sp³-hybridized carbons (Fsp3) is 0.840. The van der Waals surface area contributed by atoms with Gasteiger partial charge in [-0.25, -0.2) is 4.79 Å². The van der Waals surface area contributed by atoms with E-state index in [1.54, 1.807) is 6.08 Å². The van der Waals surface area contributed by atoms with Gasteiger partial charge in [0.25, 0.3) is 0 Å². The van der Waals surface area contributed by atoms with Gasteiger partial charge in [0.2, 0.25) is 0 Å². The SMILES string of the molecule is CC(=O)O[C@@H]1C[C@@H]2CC[C@@H]3[C@H](CC[C@]4(C)[C@@H](C5=CC(=O)OC5)CC[C@]34O)[C@@]2(C)C[C@H]1O. The van der Waals surface area contributed by atoms with Crippen molar-refractivity contribution in [2.24, 2.45) is 34.5 Å². The zero-order valence-electron chi connectivity index (χ0n) is 18.9. The van der Waals surface area contributed by atoms with Crippen molar-refractivity contribution in [1.29, 1.82) is 0 Å². The summed E-state index contributed by atoms with van der Waals surface area (Å²) >= 11 is 0. The molecule has 31 heavy (non-hydrogen) atoms. The molecule has 0 spiro atoms. The smallest absolute Gasteiger partial charge is 0.331 e. The van der Waals surface area contributed by atoms with Crippen LogP contribution in [0.4, 0.5) is 0 Å². The molecular formula is C25H36O6. The van der Waals surface area contributed by atoms with Gasteiger partial charge >= 0.3 is 11.9 Å².